The Morgan fingerprint density at radius 2 is 1.69 bits per heavy atom. The number of aliphatic hydroxyl groups excluding tert-OH is 6. The summed E-state index contributed by atoms with van der Waals surface area (Å²) in [5, 5.41) is 60.0. The lowest BCUT2D eigenvalue weighted by Gasteiger charge is -2.41. The molecule has 2 aliphatic rings. The lowest BCUT2D eigenvalue weighted by molar-refractivity contribution is -0.307. The Labute approximate surface area is 183 Å². The van der Waals surface area contributed by atoms with Crippen molar-refractivity contribution < 1.29 is 59.1 Å². The van der Waals surface area contributed by atoms with Gasteiger partial charge in [-0.05, 0) is 19.1 Å². The van der Waals surface area contributed by atoms with Crippen molar-refractivity contribution in [2.45, 2.75) is 62.2 Å². The number of methoxy groups -OCH3 is 1. The minimum atomic E-state index is -1.68. The lowest BCUT2D eigenvalue weighted by atomic mass is 9.99. The van der Waals surface area contributed by atoms with E-state index in [2.05, 4.69) is 0 Å². The summed E-state index contributed by atoms with van der Waals surface area (Å²) >= 11 is 0. The predicted molar refractivity (Wildman–Crippen MR) is 104 cm³/mol. The van der Waals surface area contributed by atoms with Gasteiger partial charge in [0.25, 0.3) is 0 Å². The molecule has 2 saturated heterocycles. The van der Waals surface area contributed by atoms with Crippen LogP contribution in [0, 0.1) is 0 Å². The average Bonchev–Trinajstić information content (AvgIpc) is 2.77. The van der Waals surface area contributed by atoms with Crippen LogP contribution >= 0.6 is 0 Å². The number of hydrogen-bond acceptors (Lipinski definition) is 12. The van der Waals surface area contributed by atoms with E-state index in [-0.39, 0.29) is 23.7 Å². The van der Waals surface area contributed by atoms with Crippen molar-refractivity contribution in [1.29, 1.82) is 0 Å². The van der Waals surface area contributed by atoms with Gasteiger partial charge in [-0.1, -0.05) is 0 Å². The highest BCUT2D eigenvalue weighted by Crippen LogP contribution is 2.30. The van der Waals surface area contributed by atoms with Crippen LogP contribution in [0.15, 0.2) is 18.2 Å². The molecule has 0 spiro atoms. The van der Waals surface area contributed by atoms with Crippen LogP contribution in [0.1, 0.15) is 17.3 Å². The molecule has 0 amide bonds. The molecule has 180 valence electrons. The largest absolute Gasteiger partial charge is 0.497 e. The number of aliphatic hydroxyl groups is 6. The number of carbonyl (C=O) groups excluding carboxylic acids is 1. The number of ketones is 1. The van der Waals surface area contributed by atoms with Crippen molar-refractivity contribution >= 4 is 5.78 Å². The summed E-state index contributed by atoms with van der Waals surface area (Å²) in [7, 11) is 1.42. The molecule has 12 nitrogen and oxygen atoms in total. The van der Waals surface area contributed by atoms with Gasteiger partial charge < -0.3 is 54.3 Å². The molecule has 9 atom stereocenters. The Morgan fingerprint density at radius 3 is 2.34 bits per heavy atom. The fraction of sp³-hybridized carbons (Fsp3) is 0.650. The van der Waals surface area contributed by atoms with Gasteiger partial charge in [0.1, 0.15) is 54.2 Å². The maximum Gasteiger partial charge on any atom is 0.229 e. The van der Waals surface area contributed by atoms with Crippen LogP contribution < -0.4 is 9.47 Å². The van der Waals surface area contributed by atoms with Crippen molar-refractivity contribution in [3.05, 3.63) is 23.8 Å². The maximum absolute atomic E-state index is 11.9. The highest BCUT2D eigenvalue weighted by Gasteiger charge is 2.46. The Balaban J connectivity index is 1.71. The Kier molecular flexibility index (Phi) is 8.03. The number of ether oxygens (including phenoxy) is 5. The average molecular weight is 460 g/mol. The van der Waals surface area contributed by atoms with Crippen LogP contribution in [0.4, 0.5) is 0 Å². The molecule has 2 heterocycles. The minimum absolute atomic E-state index is 0.0345. The third-order valence-corrected chi connectivity index (χ3v) is 5.36. The van der Waals surface area contributed by atoms with Crippen molar-refractivity contribution in [3.63, 3.8) is 0 Å². The van der Waals surface area contributed by atoms with Gasteiger partial charge in [0.2, 0.25) is 6.29 Å². The van der Waals surface area contributed by atoms with E-state index in [0.29, 0.717) is 5.75 Å². The van der Waals surface area contributed by atoms with Gasteiger partial charge in [0.15, 0.2) is 12.1 Å². The third kappa shape index (κ3) is 5.20. The van der Waals surface area contributed by atoms with E-state index < -0.39 is 61.9 Å². The monoisotopic (exact) mass is 460 g/mol. The molecule has 0 saturated carbocycles. The third-order valence-electron chi connectivity index (χ3n) is 5.36. The molecule has 0 radical (unpaired) electrons. The Morgan fingerprint density at radius 1 is 1.00 bits per heavy atom. The van der Waals surface area contributed by atoms with Gasteiger partial charge in [-0.15, -0.1) is 0 Å². The highest BCUT2D eigenvalue weighted by molar-refractivity contribution is 5.97. The minimum Gasteiger partial charge on any atom is -0.497 e. The first-order chi connectivity index (χ1) is 15.1. The molecule has 0 aromatic heterocycles. The van der Waals surface area contributed by atoms with Gasteiger partial charge >= 0.3 is 0 Å². The molecule has 0 aliphatic carbocycles. The van der Waals surface area contributed by atoms with Crippen molar-refractivity contribution in [3.8, 4) is 11.5 Å². The molecule has 3 rings (SSSR count). The fourth-order valence-electron chi connectivity index (χ4n) is 3.41. The fourth-order valence-corrected chi connectivity index (χ4v) is 3.41. The van der Waals surface area contributed by atoms with Gasteiger partial charge in [-0.25, -0.2) is 0 Å². The zero-order valence-corrected chi connectivity index (χ0v) is 17.5. The zero-order valence-electron chi connectivity index (χ0n) is 17.5. The van der Waals surface area contributed by atoms with Crippen LogP contribution in [0.2, 0.25) is 0 Å². The topological polar surface area (TPSA) is 185 Å². The summed E-state index contributed by atoms with van der Waals surface area (Å²) in [5.41, 5.74) is 0.182. The van der Waals surface area contributed by atoms with E-state index in [9.17, 15) is 35.4 Å². The molecule has 9 unspecified atom stereocenters. The standard InChI is InChI=1S/C20H28O12/c1-8(21)10-4-3-9(28-2)5-12(10)31-20-18(27)16(25)15(24)13(32-20)7-30-19-17(26)14(23)11(22)6-29-19/h3-5,11,13-20,22-27H,6-7H2,1-2H3. The maximum atomic E-state index is 11.9. The number of hydrogen-bond donors (Lipinski definition) is 6. The molecule has 6 N–H and O–H groups in total. The molecular weight excluding hydrogens is 432 g/mol. The van der Waals surface area contributed by atoms with E-state index in [0.717, 1.165) is 0 Å². The molecular formula is C20H28O12. The first-order valence-electron chi connectivity index (χ1n) is 9.96. The van der Waals surface area contributed by atoms with Crippen LogP contribution in [0.3, 0.4) is 0 Å². The van der Waals surface area contributed by atoms with E-state index in [1.54, 1.807) is 6.07 Å². The van der Waals surface area contributed by atoms with E-state index in [4.69, 9.17) is 23.7 Å². The molecule has 32 heavy (non-hydrogen) atoms. The molecule has 1 aromatic carbocycles. The van der Waals surface area contributed by atoms with Crippen LogP contribution in [-0.4, -0.2) is 112 Å². The second-order valence-electron chi connectivity index (χ2n) is 7.63. The molecule has 2 aliphatic heterocycles. The van der Waals surface area contributed by atoms with Crippen molar-refractivity contribution in [2.75, 3.05) is 20.3 Å². The van der Waals surface area contributed by atoms with Gasteiger partial charge in [-0.3, -0.25) is 4.79 Å². The number of Topliss-reactive ketones (excluding diaryl/α,β-unsaturated/α-hetero) is 1. The summed E-state index contributed by atoms with van der Waals surface area (Å²) in [6.45, 7) is 0.615. The van der Waals surface area contributed by atoms with E-state index >= 15 is 0 Å². The first-order valence-corrected chi connectivity index (χ1v) is 9.96. The lowest BCUT2D eigenvalue weighted by Crippen LogP contribution is -2.61. The SMILES string of the molecule is COc1ccc(C(C)=O)c(OC2OC(COC3OCC(O)C(O)C3O)C(O)C(O)C2O)c1. The highest BCUT2D eigenvalue weighted by atomic mass is 16.7. The van der Waals surface area contributed by atoms with E-state index in [1.807, 2.05) is 0 Å². The smallest absolute Gasteiger partial charge is 0.229 e. The predicted octanol–water partition coefficient (Wildman–Crippen LogP) is -2.46. The summed E-state index contributed by atoms with van der Waals surface area (Å²) in [5.74, 6) is 0.0878. The molecule has 12 heteroatoms. The summed E-state index contributed by atoms with van der Waals surface area (Å²) in [4.78, 5) is 11.9. The number of carbonyl (C=O) groups is 1. The number of benzene rings is 1. The van der Waals surface area contributed by atoms with Crippen molar-refractivity contribution in [2.24, 2.45) is 0 Å². The Bertz CT molecular complexity index is 788. The van der Waals surface area contributed by atoms with Crippen molar-refractivity contribution in [1.82, 2.24) is 0 Å². The molecule has 2 fully saturated rings. The first kappa shape index (κ1) is 24.8. The van der Waals surface area contributed by atoms with Gasteiger partial charge in [0.05, 0.1) is 25.9 Å². The summed E-state index contributed by atoms with van der Waals surface area (Å²) in [6, 6.07) is 4.44. The van der Waals surface area contributed by atoms with Gasteiger partial charge in [0, 0.05) is 6.07 Å². The van der Waals surface area contributed by atoms with Crippen LogP contribution in [0.25, 0.3) is 0 Å². The second kappa shape index (κ2) is 10.4. The molecule has 0 bridgehead atoms. The zero-order chi connectivity index (χ0) is 23.6. The van der Waals surface area contributed by atoms with Gasteiger partial charge in [-0.2, -0.15) is 0 Å². The molecule has 1 aromatic rings. The summed E-state index contributed by atoms with van der Waals surface area (Å²) in [6.07, 6.45) is -13.3. The van der Waals surface area contributed by atoms with Crippen LogP contribution in [-0.2, 0) is 14.2 Å². The number of rotatable bonds is 7. The Hall–Kier alpha value is -1.87. The van der Waals surface area contributed by atoms with E-state index in [1.165, 1.54) is 26.2 Å². The normalized spacial score (nSPS) is 37.7. The summed E-state index contributed by atoms with van der Waals surface area (Å²) < 4.78 is 26.8. The second-order valence-corrected chi connectivity index (χ2v) is 7.63. The van der Waals surface area contributed by atoms with Crippen LogP contribution in [0.5, 0.6) is 11.5 Å². The quantitative estimate of drug-likeness (QED) is 0.236.